The van der Waals surface area contributed by atoms with E-state index in [1.165, 1.54) is 22.8 Å². The predicted molar refractivity (Wildman–Crippen MR) is 78.6 cm³/mol. The van der Waals surface area contributed by atoms with E-state index in [1.807, 2.05) is 0 Å². The molecule has 1 aliphatic heterocycles. The fourth-order valence-corrected chi connectivity index (χ4v) is 4.76. The van der Waals surface area contributed by atoms with E-state index in [0.717, 1.165) is 31.0 Å². The van der Waals surface area contributed by atoms with Gasteiger partial charge in [-0.15, -0.1) is 11.3 Å². The molecule has 1 N–H and O–H groups in total. The van der Waals surface area contributed by atoms with Crippen LogP contribution in [-0.2, 0) is 10.0 Å². The lowest BCUT2D eigenvalue weighted by Gasteiger charge is -2.32. The Morgan fingerprint density at radius 3 is 2.55 bits per heavy atom. The molecule has 20 heavy (non-hydrogen) atoms. The van der Waals surface area contributed by atoms with Crippen molar-refractivity contribution in [2.45, 2.75) is 11.8 Å². The highest BCUT2D eigenvalue weighted by atomic mass is 32.2. The Bertz CT molecular complexity index is 575. The van der Waals surface area contributed by atoms with Gasteiger partial charge < -0.3 is 10.2 Å². The molecule has 2 rings (SSSR count). The second kappa shape index (κ2) is 6.21. The quantitative estimate of drug-likeness (QED) is 0.874. The fourth-order valence-electron chi connectivity index (χ4n) is 2.13. The first-order valence-corrected chi connectivity index (χ1v) is 8.84. The number of sulfonamides is 1. The molecular weight excluding hydrogens is 298 g/mol. The standard InChI is InChI=1S/C12H19N3O3S2/c1-3-14-4-6-15(7-5-14)20(17,18)10-8-11(19-9-10)12(16)13-2/h8-9H,3-7H2,1-2H3,(H,13,16). The third kappa shape index (κ3) is 3.03. The Balaban J connectivity index is 2.14. The highest BCUT2D eigenvalue weighted by Crippen LogP contribution is 2.23. The average molecular weight is 317 g/mol. The van der Waals surface area contributed by atoms with Crippen LogP contribution in [-0.4, -0.2) is 63.3 Å². The molecule has 1 aliphatic rings. The van der Waals surface area contributed by atoms with Crippen LogP contribution in [0.4, 0.5) is 0 Å². The van der Waals surface area contributed by atoms with Gasteiger partial charge in [0.05, 0.1) is 9.77 Å². The Morgan fingerprint density at radius 2 is 2.00 bits per heavy atom. The lowest BCUT2D eigenvalue weighted by molar-refractivity contribution is 0.0967. The van der Waals surface area contributed by atoms with Gasteiger partial charge in [0, 0.05) is 38.6 Å². The van der Waals surface area contributed by atoms with E-state index in [2.05, 4.69) is 17.1 Å². The number of hydrogen-bond acceptors (Lipinski definition) is 5. The van der Waals surface area contributed by atoms with Gasteiger partial charge in [0.1, 0.15) is 0 Å². The summed E-state index contributed by atoms with van der Waals surface area (Å²) in [6.45, 7) is 5.51. The van der Waals surface area contributed by atoms with Crippen molar-refractivity contribution in [3.8, 4) is 0 Å². The van der Waals surface area contributed by atoms with Crippen LogP contribution in [0.5, 0.6) is 0 Å². The minimum atomic E-state index is -3.48. The third-order valence-corrected chi connectivity index (χ3v) is 6.40. The number of likely N-dealkylation sites (N-methyl/N-ethyl adjacent to an activating group) is 1. The summed E-state index contributed by atoms with van der Waals surface area (Å²) in [6, 6.07) is 1.45. The Hall–Kier alpha value is -0.960. The zero-order chi connectivity index (χ0) is 14.8. The van der Waals surface area contributed by atoms with Crippen LogP contribution in [0.25, 0.3) is 0 Å². The Labute approximate surface area is 123 Å². The summed E-state index contributed by atoms with van der Waals surface area (Å²) in [5, 5.41) is 4.03. The van der Waals surface area contributed by atoms with Gasteiger partial charge in [-0.3, -0.25) is 4.79 Å². The molecule has 6 nitrogen and oxygen atoms in total. The number of piperazine rings is 1. The van der Waals surface area contributed by atoms with Crippen LogP contribution in [0.3, 0.4) is 0 Å². The average Bonchev–Trinajstić information content (AvgIpc) is 2.97. The number of nitrogens with one attached hydrogen (secondary N) is 1. The molecule has 1 aromatic rings. The van der Waals surface area contributed by atoms with Crippen LogP contribution in [0.15, 0.2) is 16.3 Å². The molecular formula is C12H19N3O3S2. The monoisotopic (exact) mass is 317 g/mol. The maximum atomic E-state index is 12.5. The molecule has 0 atom stereocenters. The van der Waals surface area contributed by atoms with Gasteiger partial charge in [0.25, 0.3) is 5.91 Å². The molecule has 0 aromatic carbocycles. The van der Waals surface area contributed by atoms with Gasteiger partial charge in [-0.05, 0) is 12.6 Å². The van der Waals surface area contributed by atoms with Crippen LogP contribution >= 0.6 is 11.3 Å². The molecule has 0 bridgehead atoms. The number of hydrogen-bond donors (Lipinski definition) is 1. The fraction of sp³-hybridized carbons (Fsp3) is 0.583. The van der Waals surface area contributed by atoms with Crippen molar-refractivity contribution < 1.29 is 13.2 Å². The molecule has 2 heterocycles. The number of rotatable bonds is 4. The van der Waals surface area contributed by atoms with Crippen molar-refractivity contribution in [3.05, 3.63) is 16.3 Å². The lowest BCUT2D eigenvalue weighted by atomic mass is 10.4. The number of nitrogens with zero attached hydrogens (tertiary/aromatic N) is 2. The van der Waals surface area contributed by atoms with Crippen molar-refractivity contribution in [1.82, 2.24) is 14.5 Å². The SMILES string of the molecule is CCN1CCN(S(=O)(=O)c2csc(C(=O)NC)c2)CC1. The molecule has 8 heteroatoms. The first-order chi connectivity index (χ1) is 9.48. The zero-order valence-electron chi connectivity index (χ0n) is 11.6. The molecule has 1 saturated heterocycles. The normalized spacial score (nSPS) is 18.1. The van der Waals surface area contributed by atoms with E-state index in [1.54, 1.807) is 0 Å². The molecule has 0 radical (unpaired) electrons. The molecule has 1 amide bonds. The minimum Gasteiger partial charge on any atom is -0.354 e. The highest BCUT2D eigenvalue weighted by Gasteiger charge is 2.29. The van der Waals surface area contributed by atoms with Crippen LogP contribution in [0.1, 0.15) is 16.6 Å². The van der Waals surface area contributed by atoms with E-state index in [9.17, 15) is 13.2 Å². The lowest BCUT2D eigenvalue weighted by Crippen LogP contribution is -2.48. The van der Waals surface area contributed by atoms with E-state index in [4.69, 9.17) is 0 Å². The number of carbonyl (C=O) groups is 1. The summed E-state index contributed by atoms with van der Waals surface area (Å²) in [5.41, 5.74) is 0. The van der Waals surface area contributed by atoms with Crippen molar-refractivity contribution in [3.63, 3.8) is 0 Å². The van der Waals surface area contributed by atoms with Gasteiger partial charge >= 0.3 is 0 Å². The van der Waals surface area contributed by atoms with Crippen LogP contribution in [0.2, 0.25) is 0 Å². The van der Waals surface area contributed by atoms with Crippen LogP contribution in [0, 0.1) is 0 Å². The largest absolute Gasteiger partial charge is 0.354 e. The van der Waals surface area contributed by atoms with E-state index in [0.29, 0.717) is 18.0 Å². The summed E-state index contributed by atoms with van der Waals surface area (Å²) in [6.07, 6.45) is 0. The molecule has 1 aromatic heterocycles. The van der Waals surface area contributed by atoms with Gasteiger partial charge in [-0.2, -0.15) is 4.31 Å². The number of thiophene rings is 1. The second-order valence-electron chi connectivity index (χ2n) is 4.56. The van der Waals surface area contributed by atoms with Gasteiger partial charge in [0.15, 0.2) is 0 Å². The third-order valence-electron chi connectivity index (χ3n) is 3.44. The summed E-state index contributed by atoms with van der Waals surface area (Å²) in [4.78, 5) is 14.3. The maximum absolute atomic E-state index is 12.5. The Kier molecular flexibility index (Phi) is 4.79. The Morgan fingerprint density at radius 1 is 1.35 bits per heavy atom. The minimum absolute atomic E-state index is 0.214. The molecule has 112 valence electrons. The van der Waals surface area contributed by atoms with E-state index < -0.39 is 10.0 Å². The second-order valence-corrected chi connectivity index (χ2v) is 7.41. The number of carbonyl (C=O) groups excluding carboxylic acids is 1. The van der Waals surface area contributed by atoms with E-state index >= 15 is 0 Å². The summed E-state index contributed by atoms with van der Waals surface area (Å²) in [5.74, 6) is -0.257. The molecule has 1 fully saturated rings. The summed E-state index contributed by atoms with van der Waals surface area (Å²) in [7, 11) is -1.95. The summed E-state index contributed by atoms with van der Waals surface area (Å²) >= 11 is 1.15. The zero-order valence-corrected chi connectivity index (χ0v) is 13.3. The van der Waals surface area contributed by atoms with Gasteiger partial charge in [-0.1, -0.05) is 6.92 Å². The topological polar surface area (TPSA) is 69.7 Å². The van der Waals surface area contributed by atoms with Crippen LogP contribution < -0.4 is 5.32 Å². The first-order valence-electron chi connectivity index (χ1n) is 6.52. The van der Waals surface area contributed by atoms with Crippen molar-refractivity contribution >= 4 is 27.3 Å². The molecule has 0 spiro atoms. The number of amides is 1. The molecule has 0 unspecified atom stereocenters. The van der Waals surface area contributed by atoms with Crippen molar-refractivity contribution in [1.29, 1.82) is 0 Å². The van der Waals surface area contributed by atoms with Crippen molar-refractivity contribution in [2.75, 3.05) is 39.8 Å². The highest BCUT2D eigenvalue weighted by molar-refractivity contribution is 7.89. The van der Waals surface area contributed by atoms with E-state index in [-0.39, 0.29) is 10.8 Å². The van der Waals surface area contributed by atoms with Crippen molar-refractivity contribution in [2.24, 2.45) is 0 Å². The van der Waals surface area contributed by atoms with Gasteiger partial charge in [-0.25, -0.2) is 8.42 Å². The summed E-state index contributed by atoms with van der Waals surface area (Å²) < 4.78 is 26.5. The van der Waals surface area contributed by atoms with Gasteiger partial charge in [0.2, 0.25) is 10.0 Å². The predicted octanol–water partition coefficient (Wildman–Crippen LogP) is 0.434. The molecule has 0 aliphatic carbocycles. The maximum Gasteiger partial charge on any atom is 0.261 e. The molecule has 0 saturated carbocycles. The smallest absolute Gasteiger partial charge is 0.261 e. The first kappa shape index (κ1) is 15.4.